The standard InChI is InChI=1S/C13H18N4O2S2/c14-7-10-2-1-5-17(8-10)21(18,19)16-11-3-4-12-13(6-11)20-9-15-12/h3-4,6,9-10,16H,1-2,5,7-8,14H2. The average molecular weight is 326 g/mol. The Morgan fingerprint density at radius 1 is 1.48 bits per heavy atom. The molecule has 0 aliphatic carbocycles. The summed E-state index contributed by atoms with van der Waals surface area (Å²) in [6.45, 7) is 1.57. The van der Waals surface area contributed by atoms with Crippen LogP contribution >= 0.6 is 11.3 Å². The molecule has 1 aromatic heterocycles. The van der Waals surface area contributed by atoms with Gasteiger partial charge in [0.05, 0.1) is 21.4 Å². The Hall–Kier alpha value is -1.22. The van der Waals surface area contributed by atoms with Crippen molar-refractivity contribution in [3.63, 3.8) is 0 Å². The molecule has 1 unspecified atom stereocenters. The van der Waals surface area contributed by atoms with Crippen molar-refractivity contribution in [2.75, 3.05) is 24.4 Å². The minimum Gasteiger partial charge on any atom is -0.330 e. The smallest absolute Gasteiger partial charge is 0.301 e. The Kier molecular flexibility index (Phi) is 4.12. The maximum Gasteiger partial charge on any atom is 0.301 e. The maximum atomic E-state index is 12.5. The van der Waals surface area contributed by atoms with Gasteiger partial charge < -0.3 is 5.73 Å². The molecule has 0 amide bonds. The number of nitrogens with one attached hydrogen (secondary N) is 1. The highest BCUT2D eigenvalue weighted by Gasteiger charge is 2.28. The molecule has 1 aliphatic heterocycles. The molecular weight excluding hydrogens is 308 g/mol. The number of piperidine rings is 1. The molecule has 2 heterocycles. The number of hydrogen-bond acceptors (Lipinski definition) is 5. The van der Waals surface area contributed by atoms with Crippen LogP contribution in [0.4, 0.5) is 5.69 Å². The number of thiazole rings is 1. The summed E-state index contributed by atoms with van der Waals surface area (Å²) in [5.41, 5.74) is 8.86. The predicted octanol–water partition coefficient (Wildman–Crippen LogP) is 1.62. The second-order valence-electron chi connectivity index (χ2n) is 5.24. The summed E-state index contributed by atoms with van der Waals surface area (Å²) >= 11 is 1.49. The summed E-state index contributed by atoms with van der Waals surface area (Å²) in [6, 6.07) is 5.38. The van der Waals surface area contributed by atoms with Crippen molar-refractivity contribution in [3.8, 4) is 0 Å². The highest BCUT2D eigenvalue weighted by atomic mass is 32.2. The number of anilines is 1. The maximum absolute atomic E-state index is 12.5. The fraction of sp³-hybridized carbons (Fsp3) is 0.462. The van der Waals surface area contributed by atoms with Crippen molar-refractivity contribution in [1.29, 1.82) is 0 Å². The molecule has 1 aliphatic rings. The molecule has 2 aromatic rings. The van der Waals surface area contributed by atoms with Crippen molar-refractivity contribution in [2.45, 2.75) is 12.8 Å². The van der Waals surface area contributed by atoms with Gasteiger partial charge in [-0.3, -0.25) is 4.72 Å². The number of aromatic nitrogens is 1. The highest BCUT2D eigenvalue weighted by Crippen LogP contribution is 2.24. The van der Waals surface area contributed by atoms with E-state index in [1.54, 1.807) is 11.6 Å². The molecule has 1 saturated heterocycles. The van der Waals surface area contributed by atoms with E-state index in [4.69, 9.17) is 5.73 Å². The first-order chi connectivity index (χ1) is 10.1. The van der Waals surface area contributed by atoms with E-state index in [0.29, 0.717) is 25.3 Å². The van der Waals surface area contributed by atoms with Crippen molar-refractivity contribution < 1.29 is 8.42 Å². The second kappa shape index (κ2) is 5.88. The number of nitrogens with two attached hydrogens (primary N) is 1. The average Bonchev–Trinajstić information content (AvgIpc) is 2.94. The first kappa shape index (κ1) is 14.7. The third-order valence-corrected chi connectivity index (χ3v) is 6.03. The normalized spacial score (nSPS) is 20.7. The van der Waals surface area contributed by atoms with Gasteiger partial charge in [0, 0.05) is 13.1 Å². The molecule has 3 N–H and O–H groups in total. The van der Waals surface area contributed by atoms with Crippen LogP contribution < -0.4 is 10.5 Å². The van der Waals surface area contributed by atoms with Crippen LogP contribution in [-0.4, -0.2) is 37.3 Å². The zero-order chi connectivity index (χ0) is 14.9. The van der Waals surface area contributed by atoms with Gasteiger partial charge in [0.15, 0.2) is 0 Å². The van der Waals surface area contributed by atoms with Crippen LogP contribution in [-0.2, 0) is 10.2 Å². The van der Waals surface area contributed by atoms with Crippen LogP contribution in [0.3, 0.4) is 0 Å². The molecule has 0 saturated carbocycles. The molecule has 1 aromatic carbocycles. The summed E-state index contributed by atoms with van der Waals surface area (Å²) in [4.78, 5) is 4.18. The molecule has 1 atom stereocenters. The number of nitrogens with zero attached hydrogens (tertiary/aromatic N) is 2. The lowest BCUT2D eigenvalue weighted by molar-refractivity contribution is 0.273. The van der Waals surface area contributed by atoms with Gasteiger partial charge in [0.1, 0.15) is 0 Å². The van der Waals surface area contributed by atoms with Crippen LogP contribution in [0.1, 0.15) is 12.8 Å². The van der Waals surface area contributed by atoms with Gasteiger partial charge in [-0.1, -0.05) is 0 Å². The van der Waals surface area contributed by atoms with E-state index in [9.17, 15) is 8.42 Å². The van der Waals surface area contributed by atoms with E-state index in [2.05, 4.69) is 9.71 Å². The molecule has 3 rings (SSSR count). The third-order valence-electron chi connectivity index (χ3n) is 3.73. The largest absolute Gasteiger partial charge is 0.330 e. The van der Waals surface area contributed by atoms with Gasteiger partial charge in [-0.25, -0.2) is 4.98 Å². The fourth-order valence-corrected chi connectivity index (χ4v) is 4.62. The van der Waals surface area contributed by atoms with E-state index in [1.807, 2.05) is 12.1 Å². The van der Waals surface area contributed by atoms with Crippen LogP contribution in [0.5, 0.6) is 0 Å². The van der Waals surface area contributed by atoms with Crippen LogP contribution in [0.15, 0.2) is 23.7 Å². The number of benzene rings is 1. The Labute approximate surface area is 128 Å². The number of fused-ring (bicyclic) bond motifs is 1. The van der Waals surface area contributed by atoms with Gasteiger partial charge in [-0.15, -0.1) is 11.3 Å². The third kappa shape index (κ3) is 3.18. The van der Waals surface area contributed by atoms with Gasteiger partial charge in [-0.05, 0) is 43.5 Å². The summed E-state index contributed by atoms with van der Waals surface area (Å²) in [5.74, 6) is 0.249. The monoisotopic (exact) mass is 326 g/mol. The Morgan fingerprint density at radius 3 is 3.14 bits per heavy atom. The lowest BCUT2D eigenvalue weighted by Crippen LogP contribution is -2.44. The molecule has 0 bridgehead atoms. The molecule has 0 radical (unpaired) electrons. The minimum absolute atomic E-state index is 0.249. The summed E-state index contributed by atoms with van der Waals surface area (Å²) in [6.07, 6.45) is 1.85. The molecule has 1 fully saturated rings. The summed E-state index contributed by atoms with van der Waals surface area (Å²) < 4.78 is 30.0. The van der Waals surface area contributed by atoms with Crippen molar-refractivity contribution in [2.24, 2.45) is 11.7 Å². The van der Waals surface area contributed by atoms with Crippen LogP contribution in [0.2, 0.25) is 0 Å². The molecule has 114 valence electrons. The zero-order valence-corrected chi connectivity index (χ0v) is 13.2. The molecule has 21 heavy (non-hydrogen) atoms. The van der Waals surface area contributed by atoms with Gasteiger partial charge in [0.2, 0.25) is 0 Å². The second-order valence-corrected chi connectivity index (χ2v) is 7.80. The lowest BCUT2D eigenvalue weighted by atomic mass is 10.0. The quantitative estimate of drug-likeness (QED) is 0.893. The SMILES string of the molecule is NCC1CCCN(S(=O)(=O)Nc2ccc3ncsc3c2)C1. The minimum atomic E-state index is -3.52. The van der Waals surface area contributed by atoms with Crippen molar-refractivity contribution >= 4 is 37.5 Å². The van der Waals surface area contributed by atoms with Gasteiger partial charge in [0.25, 0.3) is 0 Å². The van der Waals surface area contributed by atoms with E-state index in [0.717, 1.165) is 23.1 Å². The molecule has 0 spiro atoms. The van der Waals surface area contributed by atoms with Crippen molar-refractivity contribution in [3.05, 3.63) is 23.7 Å². The Balaban J connectivity index is 1.78. The first-order valence-corrected chi connectivity index (χ1v) is 9.21. The van der Waals surface area contributed by atoms with Gasteiger partial charge >= 0.3 is 10.2 Å². The van der Waals surface area contributed by atoms with Crippen LogP contribution in [0, 0.1) is 5.92 Å². The topological polar surface area (TPSA) is 88.3 Å². The number of rotatable bonds is 4. The van der Waals surface area contributed by atoms with Crippen LogP contribution in [0.25, 0.3) is 10.2 Å². The highest BCUT2D eigenvalue weighted by molar-refractivity contribution is 7.90. The Morgan fingerprint density at radius 2 is 2.33 bits per heavy atom. The molecule has 6 nitrogen and oxygen atoms in total. The number of hydrogen-bond donors (Lipinski definition) is 2. The molecule has 8 heteroatoms. The first-order valence-electron chi connectivity index (χ1n) is 6.90. The fourth-order valence-electron chi connectivity index (χ4n) is 2.57. The van der Waals surface area contributed by atoms with Crippen molar-refractivity contribution in [1.82, 2.24) is 9.29 Å². The van der Waals surface area contributed by atoms with E-state index >= 15 is 0 Å². The van der Waals surface area contributed by atoms with E-state index in [1.165, 1.54) is 15.6 Å². The van der Waals surface area contributed by atoms with E-state index in [-0.39, 0.29) is 5.92 Å². The lowest BCUT2D eigenvalue weighted by Gasteiger charge is -2.31. The Bertz CT molecular complexity index is 729. The zero-order valence-electron chi connectivity index (χ0n) is 11.5. The summed E-state index contributed by atoms with van der Waals surface area (Å²) in [7, 11) is -3.52. The predicted molar refractivity (Wildman–Crippen MR) is 85.5 cm³/mol. The van der Waals surface area contributed by atoms with Gasteiger partial charge in [-0.2, -0.15) is 12.7 Å². The summed E-state index contributed by atoms with van der Waals surface area (Å²) in [5, 5.41) is 0. The van der Waals surface area contributed by atoms with E-state index < -0.39 is 10.2 Å². The molecular formula is C13H18N4O2S2.